The number of nitro groups is 1. The number of hydrogen-bond acceptors (Lipinski definition) is 9. The third-order valence-electron chi connectivity index (χ3n) is 6.50. The van der Waals surface area contributed by atoms with Gasteiger partial charge in [0, 0.05) is 24.4 Å². The van der Waals surface area contributed by atoms with Crippen LogP contribution >= 0.6 is 12.6 Å². The summed E-state index contributed by atoms with van der Waals surface area (Å²) in [5.41, 5.74) is 0.618. The highest BCUT2D eigenvalue weighted by molar-refractivity contribution is 7.80. The van der Waals surface area contributed by atoms with Gasteiger partial charge in [0.05, 0.1) is 11.0 Å². The fourth-order valence-electron chi connectivity index (χ4n) is 4.84. The summed E-state index contributed by atoms with van der Waals surface area (Å²) in [6, 6.07) is 11.6. The normalized spacial score (nSPS) is 19.9. The molecule has 0 bridgehead atoms. The van der Waals surface area contributed by atoms with Crippen molar-refractivity contribution in [2.75, 3.05) is 17.2 Å². The van der Waals surface area contributed by atoms with E-state index in [4.69, 9.17) is 9.47 Å². The van der Waals surface area contributed by atoms with Gasteiger partial charge in [-0.3, -0.25) is 24.7 Å². The van der Waals surface area contributed by atoms with Gasteiger partial charge < -0.3 is 14.8 Å². The molecule has 0 aliphatic carbocycles. The fraction of sp³-hybridized carbons (Fsp3) is 0.444. The maximum absolute atomic E-state index is 13.3. The molecule has 11 nitrogen and oxygen atoms in total. The van der Waals surface area contributed by atoms with Crippen LogP contribution in [0.3, 0.4) is 0 Å². The lowest BCUT2D eigenvalue weighted by Gasteiger charge is -2.29. The first-order chi connectivity index (χ1) is 18.5. The molecular weight excluding hydrogens is 524 g/mol. The minimum atomic E-state index is -0.938. The molecule has 208 valence electrons. The van der Waals surface area contributed by atoms with Crippen molar-refractivity contribution in [3.63, 3.8) is 0 Å². The number of nitrogens with zero attached hydrogens (tertiary/aromatic N) is 3. The van der Waals surface area contributed by atoms with Crippen LogP contribution in [0.1, 0.15) is 51.8 Å². The summed E-state index contributed by atoms with van der Waals surface area (Å²) in [5.74, 6) is -0.0711. The Hall–Kier alpha value is -3.64. The molecule has 12 heteroatoms. The molecule has 0 saturated carbocycles. The topological polar surface area (TPSA) is 131 Å². The highest BCUT2D eigenvalue weighted by Gasteiger charge is 2.49. The quantitative estimate of drug-likeness (QED) is 0.162. The number of nitrogens with one attached hydrogen (secondary N) is 1. The SMILES string of the molecule is CC(C)(C)OC(=O)N[C@@H](CCS)C(=O)Oc1ccc([C@H]2N(c3ccc([N+](=O)[O-])cc3)C(=O)[C@@H]3CCCN32)cc1. The van der Waals surface area contributed by atoms with Crippen molar-refractivity contribution in [1.82, 2.24) is 10.2 Å². The number of carbonyl (C=O) groups is 3. The second kappa shape index (κ2) is 11.6. The van der Waals surface area contributed by atoms with E-state index < -0.39 is 34.8 Å². The number of amides is 2. The number of alkyl carbamates (subject to hydrolysis) is 1. The molecule has 0 radical (unpaired) electrons. The smallest absolute Gasteiger partial charge is 0.408 e. The molecule has 3 atom stereocenters. The highest BCUT2D eigenvalue weighted by atomic mass is 32.1. The Morgan fingerprint density at radius 1 is 1.15 bits per heavy atom. The third-order valence-corrected chi connectivity index (χ3v) is 6.76. The zero-order valence-corrected chi connectivity index (χ0v) is 22.9. The number of benzene rings is 2. The van der Waals surface area contributed by atoms with Crippen LogP contribution in [0.25, 0.3) is 0 Å². The van der Waals surface area contributed by atoms with Crippen LogP contribution in [-0.2, 0) is 14.3 Å². The maximum atomic E-state index is 13.3. The van der Waals surface area contributed by atoms with Crippen LogP contribution in [-0.4, -0.2) is 57.8 Å². The third kappa shape index (κ3) is 6.51. The van der Waals surface area contributed by atoms with Crippen LogP contribution < -0.4 is 15.0 Å². The molecule has 2 aliphatic heterocycles. The lowest BCUT2D eigenvalue weighted by atomic mass is 10.1. The van der Waals surface area contributed by atoms with Gasteiger partial charge in [-0.05, 0) is 75.6 Å². The molecule has 2 aliphatic rings. The van der Waals surface area contributed by atoms with Gasteiger partial charge >= 0.3 is 12.1 Å². The Kier molecular flexibility index (Phi) is 8.45. The molecule has 2 heterocycles. The second-order valence-electron chi connectivity index (χ2n) is 10.5. The van der Waals surface area contributed by atoms with Crippen molar-refractivity contribution in [2.45, 2.75) is 63.9 Å². The van der Waals surface area contributed by atoms with E-state index in [0.29, 0.717) is 11.4 Å². The number of non-ortho nitro benzene ring substituents is 1. The van der Waals surface area contributed by atoms with Crippen LogP contribution in [0.5, 0.6) is 5.75 Å². The van der Waals surface area contributed by atoms with Crippen molar-refractivity contribution < 1.29 is 28.8 Å². The number of nitro benzene ring substituents is 1. The first-order valence-electron chi connectivity index (χ1n) is 12.7. The first-order valence-corrected chi connectivity index (χ1v) is 13.4. The van der Waals surface area contributed by atoms with Gasteiger partial charge in [-0.25, -0.2) is 9.59 Å². The Labute approximate surface area is 232 Å². The number of thiol groups is 1. The van der Waals surface area contributed by atoms with Gasteiger partial charge in [0.1, 0.15) is 23.6 Å². The molecule has 2 amide bonds. The summed E-state index contributed by atoms with van der Waals surface area (Å²) >= 11 is 4.17. The molecule has 2 fully saturated rings. The highest BCUT2D eigenvalue weighted by Crippen LogP contribution is 2.43. The van der Waals surface area contributed by atoms with E-state index in [1.165, 1.54) is 12.1 Å². The summed E-state index contributed by atoms with van der Waals surface area (Å²) in [6.45, 7) is 5.92. The minimum absolute atomic E-state index is 0.0500. The molecule has 2 aromatic rings. The molecular formula is C27H32N4O7S. The molecule has 1 N–H and O–H groups in total. The van der Waals surface area contributed by atoms with E-state index in [2.05, 4.69) is 22.8 Å². The average Bonchev–Trinajstić information content (AvgIpc) is 3.45. The fourth-order valence-corrected chi connectivity index (χ4v) is 5.10. The number of carbonyl (C=O) groups excluding carboxylic acids is 3. The molecule has 4 rings (SSSR count). The molecule has 39 heavy (non-hydrogen) atoms. The monoisotopic (exact) mass is 556 g/mol. The first kappa shape index (κ1) is 28.4. The van der Waals surface area contributed by atoms with Crippen molar-refractivity contribution in [3.8, 4) is 5.75 Å². The summed E-state index contributed by atoms with van der Waals surface area (Å²) < 4.78 is 10.8. The van der Waals surface area contributed by atoms with E-state index in [1.807, 2.05) is 0 Å². The van der Waals surface area contributed by atoms with Gasteiger partial charge in [0.25, 0.3) is 5.69 Å². The lowest BCUT2D eigenvalue weighted by molar-refractivity contribution is -0.384. The van der Waals surface area contributed by atoms with Crippen LogP contribution in [0.15, 0.2) is 48.5 Å². The molecule has 2 aromatic carbocycles. The number of fused-ring (bicyclic) bond motifs is 1. The zero-order valence-electron chi connectivity index (χ0n) is 22.0. The van der Waals surface area contributed by atoms with E-state index in [9.17, 15) is 24.5 Å². The van der Waals surface area contributed by atoms with E-state index >= 15 is 0 Å². The van der Waals surface area contributed by atoms with Crippen molar-refractivity contribution in [1.29, 1.82) is 0 Å². The average molecular weight is 557 g/mol. The predicted octanol–water partition coefficient (Wildman–Crippen LogP) is 4.22. The largest absolute Gasteiger partial charge is 0.444 e. The summed E-state index contributed by atoms with van der Waals surface area (Å²) in [4.78, 5) is 52.7. The van der Waals surface area contributed by atoms with Crippen LogP contribution in [0.4, 0.5) is 16.2 Å². The number of hydrogen-bond donors (Lipinski definition) is 2. The van der Waals surface area contributed by atoms with E-state index in [1.54, 1.807) is 62.1 Å². The number of rotatable bonds is 8. The number of anilines is 1. The van der Waals surface area contributed by atoms with Gasteiger partial charge in [-0.15, -0.1) is 0 Å². The van der Waals surface area contributed by atoms with Crippen molar-refractivity contribution >= 4 is 42.0 Å². The lowest BCUT2D eigenvalue weighted by Crippen LogP contribution is -2.45. The Balaban J connectivity index is 1.51. The van der Waals surface area contributed by atoms with Gasteiger partial charge in [-0.1, -0.05) is 12.1 Å². The molecule has 0 spiro atoms. The standard InChI is InChI=1S/C27H32N4O7S/c1-27(2,3)38-26(34)28-21(14-16-39)25(33)37-20-12-6-17(7-13-20)23-29-15-4-5-22(29)24(32)30(23)18-8-10-19(11-9-18)31(35)36/h6-13,21-23,39H,4-5,14-16H2,1-3H3,(H,28,34)/t21-,22-,23+/m0/s1. The van der Waals surface area contributed by atoms with Gasteiger partial charge in [0.15, 0.2) is 0 Å². The van der Waals surface area contributed by atoms with Crippen LogP contribution in [0, 0.1) is 10.1 Å². The predicted molar refractivity (Wildman–Crippen MR) is 147 cm³/mol. The number of esters is 1. The number of ether oxygens (including phenoxy) is 2. The van der Waals surface area contributed by atoms with Crippen LogP contribution in [0.2, 0.25) is 0 Å². The van der Waals surface area contributed by atoms with Crippen molar-refractivity contribution in [3.05, 3.63) is 64.2 Å². The summed E-state index contributed by atoms with van der Waals surface area (Å²) in [7, 11) is 0. The van der Waals surface area contributed by atoms with Crippen molar-refractivity contribution in [2.24, 2.45) is 0 Å². The maximum Gasteiger partial charge on any atom is 0.408 e. The Morgan fingerprint density at radius 3 is 2.41 bits per heavy atom. The van der Waals surface area contributed by atoms with Gasteiger partial charge in [-0.2, -0.15) is 12.6 Å². The Bertz CT molecular complexity index is 1230. The van der Waals surface area contributed by atoms with E-state index in [0.717, 1.165) is 24.9 Å². The molecule has 2 saturated heterocycles. The Morgan fingerprint density at radius 2 is 1.82 bits per heavy atom. The second-order valence-corrected chi connectivity index (χ2v) is 10.9. The summed E-state index contributed by atoms with van der Waals surface area (Å²) in [6.07, 6.45) is 0.768. The molecule has 0 aromatic heterocycles. The molecule has 0 unspecified atom stereocenters. The summed E-state index contributed by atoms with van der Waals surface area (Å²) in [5, 5.41) is 13.6. The van der Waals surface area contributed by atoms with E-state index in [-0.39, 0.29) is 29.8 Å². The zero-order chi connectivity index (χ0) is 28.3. The minimum Gasteiger partial charge on any atom is -0.444 e. The van der Waals surface area contributed by atoms with Gasteiger partial charge in [0.2, 0.25) is 5.91 Å².